The van der Waals surface area contributed by atoms with Crippen molar-refractivity contribution in [1.29, 1.82) is 0 Å². The third-order valence-corrected chi connectivity index (χ3v) is 3.44. The lowest BCUT2D eigenvalue weighted by molar-refractivity contribution is 0.340. The SMILES string of the molecule is CCOc1ccc(C=Cc2ccc(C(C)(C)C)cc2)cc1. The Balaban J connectivity index is 2.07. The van der Waals surface area contributed by atoms with Crippen LogP contribution in [0.25, 0.3) is 12.2 Å². The molecule has 2 aromatic rings. The Morgan fingerprint density at radius 1 is 0.810 bits per heavy atom. The van der Waals surface area contributed by atoms with Crippen molar-refractivity contribution >= 4 is 12.2 Å². The van der Waals surface area contributed by atoms with Gasteiger partial charge in [0.05, 0.1) is 6.61 Å². The fourth-order valence-corrected chi connectivity index (χ4v) is 2.13. The zero-order chi connectivity index (χ0) is 15.3. The highest BCUT2D eigenvalue weighted by molar-refractivity contribution is 5.69. The van der Waals surface area contributed by atoms with E-state index in [9.17, 15) is 0 Å². The summed E-state index contributed by atoms with van der Waals surface area (Å²) in [6.45, 7) is 9.40. The second kappa shape index (κ2) is 6.62. The van der Waals surface area contributed by atoms with Crippen molar-refractivity contribution in [2.24, 2.45) is 0 Å². The molecule has 0 heterocycles. The molecule has 110 valence electrons. The van der Waals surface area contributed by atoms with Crippen molar-refractivity contribution in [1.82, 2.24) is 0 Å². The van der Waals surface area contributed by atoms with Gasteiger partial charge in [0, 0.05) is 0 Å². The molecule has 21 heavy (non-hydrogen) atoms. The summed E-state index contributed by atoms with van der Waals surface area (Å²) in [4.78, 5) is 0. The van der Waals surface area contributed by atoms with E-state index < -0.39 is 0 Å². The Kier molecular flexibility index (Phi) is 4.85. The van der Waals surface area contributed by atoms with E-state index in [1.165, 1.54) is 16.7 Å². The molecule has 0 fully saturated rings. The molecule has 0 aliphatic carbocycles. The Morgan fingerprint density at radius 2 is 1.29 bits per heavy atom. The monoisotopic (exact) mass is 280 g/mol. The van der Waals surface area contributed by atoms with Crippen LogP contribution in [0.2, 0.25) is 0 Å². The van der Waals surface area contributed by atoms with Gasteiger partial charge in [-0.05, 0) is 41.2 Å². The van der Waals surface area contributed by atoms with E-state index in [0.29, 0.717) is 6.61 Å². The number of ether oxygens (including phenoxy) is 1. The van der Waals surface area contributed by atoms with Crippen LogP contribution in [0.15, 0.2) is 48.5 Å². The molecule has 0 saturated heterocycles. The summed E-state index contributed by atoms with van der Waals surface area (Å²) in [6.07, 6.45) is 4.27. The van der Waals surface area contributed by atoms with E-state index in [1.807, 2.05) is 19.1 Å². The molecule has 2 rings (SSSR count). The molecule has 2 aromatic carbocycles. The van der Waals surface area contributed by atoms with Gasteiger partial charge in [-0.15, -0.1) is 0 Å². The van der Waals surface area contributed by atoms with E-state index in [0.717, 1.165) is 5.75 Å². The third-order valence-electron chi connectivity index (χ3n) is 3.44. The molecule has 0 aromatic heterocycles. The largest absolute Gasteiger partial charge is 0.494 e. The van der Waals surface area contributed by atoms with Gasteiger partial charge in [-0.2, -0.15) is 0 Å². The Bertz CT molecular complexity index is 583. The number of benzene rings is 2. The molecule has 0 N–H and O–H groups in total. The maximum Gasteiger partial charge on any atom is 0.119 e. The maximum atomic E-state index is 5.44. The van der Waals surface area contributed by atoms with E-state index in [1.54, 1.807) is 0 Å². The fraction of sp³-hybridized carbons (Fsp3) is 0.300. The van der Waals surface area contributed by atoms with Crippen molar-refractivity contribution in [2.75, 3.05) is 6.61 Å². The summed E-state index contributed by atoms with van der Waals surface area (Å²) in [7, 11) is 0. The van der Waals surface area contributed by atoms with E-state index in [2.05, 4.69) is 69.3 Å². The molecule has 0 amide bonds. The fourth-order valence-electron chi connectivity index (χ4n) is 2.13. The van der Waals surface area contributed by atoms with E-state index in [-0.39, 0.29) is 5.41 Å². The molecule has 1 nitrogen and oxygen atoms in total. The minimum atomic E-state index is 0.206. The minimum Gasteiger partial charge on any atom is -0.494 e. The average Bonchev–Trinajstić information content (AvgIpc) is 2.46. The second-order valence-corrected chi connectivity index (χ2v) is 6.21. The van der Waals surface area contributed by atoms with Gasteiger partial charge >= 0.3 is 0 Å². The highest BCUT2D eigenvalue weighted by atomic mass is 16.5. The van der Waals surface area contributed by atoms with Gasteiger partial charge < -0.3 is 4.74 Å². The summed E-state index contributed by atoms with van der Waals surface area (Å²) in [5.41, 5.74) is 3.97. The van der Waals surface area contributed by atoms with Crippen LogP contribution >= 0.6 is 0 Å². The molecule has 0 spiro atoms. The molecule has 0 aliphatic rings. The van der Waals surface area contributed by atoms with Crippen LogP contribution in [0.1, 0.15) is 44.4 Å². The predicted octanol–water partition coefficient (Wildman–Crippen LogP) is 5.55. The van der Waals surface area contributed by atoms with Crippen LogP contribution in [0, 0.1) is 0 Å². The van der Waals surface area contributed by atoms with Crippen LogP contribution in [0.3, 0.4) is 0 Å². The first-order valence-electron chi connectivity index (χ1n) is 7.50. The van der Waals surface area contributed by atoms with Gasteiger partial charge in [-0.3, -0.25) is 0 Å². The molecular weight excluding hydrogens is 256 g/mol. The van der Waals surface area contributed by atoms with Crippen molar-refractivity contribution in [2.45, 2.75) is 33.1 Å². The number of hydrogen-bond donors (Lipinski definition) is 0. The van der Waals surface area contributed by atoms with Gasteiger partial charge in [-0.25, -0.2) is 0 Å². The first kappa shape index (κ1) is 15.4. The summed E-state index contributed by atoms with van der Waals surface area (Å²) >= 11 is 0. The van der Waals surface area contributed by atoms with Crippen molar-refractivity contribution in [3.05, 3.63) is 65.2 Å². The maximum absolute atomic E-state index is 5.44. The molecule has 0 radical (unpaired) electrons. The van der Waals surface area contributed by atoms with E-state index >= 15 is 0 Å². The predicted molar refractivity (Wildman–Crippen MR) is 91.7 cm³/mol. The van der Waals surface area contributed by atoms with Gasteiger partial charge in [-0.1, -0.05) is 69.3 Å². The van der Waals surface area contributed by atoms with Crippen LogP contribution in [-0.2, 0) is 5.41 Å². The summed E-state index contributed by atoms with van der Waals surface area (Å²) in [5.74, 6) is 0.921. The molecule has 1 heteroatoms. The Morgan fingerprint density at radius 3 is 1.71 bits per heavy atom. The highest BCUT2D eigenvalue weighted by Gasteiger charge is 2.12. The van der Waals surface area contributed by atoms with E-state index in [4.69, 9.17) is 4.74 Å². The molecule has 0 saturated carbocycles. The van der Waals surface area contributed by atoms with Crippen LogP contribution in [0.5, 0.6) is 5.75 Å². The van der Waals surface area contributed by atoms with Crippen LogP contribution in [0.4, 0.5) is 0 Å². The third kappa shape index (κ3) is 4.49. The Labute approximate surface area is 128 Å². The molecule has 0 unspecified atom stereocenters. The first-order valence-corrected chi connectivity index (χ1v) is 7.50. The molecule has 0 aliphatic heterocycles. The quantitative estimate of drug-likeness (QED) is 0.667. The van der Waals surface area contributed by atoms with Crippen molar-refractivity contribution < 1.29 is 4.74 Å². The smallest absolute Gasteiger partial charge is 0.119 e. The number of rotatable bonds is 4. The Hall–Kier alpha value is -2.02. The van der Waals surface area contributed by atoms with Crippen LogP contribution < -0.4 is 4.74 Å². The molecule has 0 bridgehead atoms. The van der Waals surface area contributed by atoms with Gasteiger partial charge in [0.25, 0.3) is 0 Å². The lowest BCUT2D eigenvalue weighted by Crippen LogP contribution is -2.10. The zero-order valence-electron chi connectivity index (χ0n) is 13.4. The van der Waals surface area contributed by atoms with Crippen molar-refractivity contribution in [3.63, 3.8) is 0 Å². The second-order valence-electron chi connectivity index (χ2n) is 6.21. The lowest BCUT2D eigenvalue weighted by atomic mass is 9.87. The highest BCUT2D eigenvalue weighted by Crippen LogP contribution is 2.22. The topological polar surface area (TPSA) is 9.23 Å². The van der Waals surface area contributed by atoms with Crippen molar-refractivity contribution in [3.8, 4) is 5.75 Å². The first-order chi connectivity index (χ1) is 9.99. The summed E-state index contributed by atoms with van der Waals surface area (Å²) in [6, 6.07) is 16.9. The normalized spacial score (nSPS) is 11.8. The zero-order valence-corrected chi connectivity index (χ0v) is 13.4. The average molecular weight is 280 g/mol. The molecule has 0 atom stereocenters. The van der Waals surface area contributed by atoms with Gasteiger partial charge in [0.15, 0.2) is 0 Å². The minimum absolute atomic E-state index is 0.206. The summed E-state index contributed by atoms with van der Waals surface area (Å²) < 4.78 is 5.44. The number of hydrogen-bond acceptors (Lipinski definition) is 1. The molecular formula is C20H24O. The van der Waals surface area contributed by atoms with Gasteiger partial charge in [0.1, 0.15) is 5.75 Å². The van der Waals surface area contributed by atoms with Gasteiger partial charge in [0.2, 0.25) is 0 Å². The summed E-state index contributed by atoms with van der Waals surface area (Å²) in [5, 5.41) is 0. The van der Waals surface area contributed by atoms with Crippen LogP contribution in [-0.4, -0.2) is 6.61 Å². The standard InChI is InChI=1S/C20H24O/c1-5-21-19-14-10-17(11-15-19)7-6-16-8-12-18(13-9-16)20(2,3)4/h6-15H,5H2,1-4H3. The lowest BCUT2D eigenvalue weighted by Gasteiger charge is -2.18.